The Morgan fingerprint density at radius 2 is 1.44 bits per heavy atom. The zero-order valence-corrected chi connectivity index (χ0v) is 15.8. The zero-order valence-electron chi connectivity index (χ0n) is 15.0. The van der Waals surface area contributed by atoms with E-state index in [0.29, 0.717) is 11.4 Å². The molecular formula is C21H19NO4S. The largest absolute Gasteiger partial charge is 0.423 e. The van der Waals surface area contributed by atoms with E-state index in [9.17, 15) is 13.2 Å². The van der Waals surface area contributed by atoms with Gasteiger partial charge >= 0.3 is 5.97 Å². The summed E-state index contributed by atoms with van der Waals surface area (Å²) in [7, 11) is -2.23. The highest BCUT2D eigenvalue weighted by molar-refractivity contribution is 7.92. The van der Waals surface area contributed by atoms with Crippen molar-refractivity contribution in [2.75, 3.05) is 11.4 Å². The predicted octanol–water partition coefficient (Wildman–Crippen LogP) is 4.04. The smallest absolute Gasteiger partial charge is 0.343 e. The van der Waals surface area contributed by atoms with E-state index in [0.717, 1.165) is 5.56 Å². The molecule has 0 amide bonds. The van der Waals surface area contributed by atoms with Gasteiger partial charge in [0.1, 0.15) is 5.75 Å². The quantitative estimate of drug-likeness (QED) is 0.494. The monoisotopic (exact) mass is 381 g/mol. The molecule has 0 aliphatic rings. The van der Waals surface area contributed by atoms with Crippen molar-refractivity contribution in [3.8, 4) is 5.75 Å². The molecule has 0 saturated heterocycles. The Bertz CT molecular complexity index is 1050. The van der Waals surface area contributed by atoms with Gasteiger partial charge in [-0.2, -0.15) is 0 Å². The molecule has 138 valence electrons. The van der Waals surface area contributed by atoms with E-state index in [1.54, 1.807) is 36.4 Å². The number of ether oxygens (including phenoxy) is 1. The second kappa shape index (κ2) is 7.63. The molecule has 0 N–H and O–H groups in total. The Balaban J connectivity index is 1.80. The Kier molecular flexibility index (Phi) is 5.28. The third-order valence-corrected chi connectivity index (χ3v) is 5.96. The fraction of sp³-hybridized carbons (Fsp3) is 0.0952. The van der Waals surface area contributed by atoms with Crippen molar-refractivity contribution in [3.05, 3.63) is 90.0 Å². The molecule has 5 nitrogen and oxygen atoms in total. The van der Waals surface area contributed by atoms with Gasteiger partial charge < -0.3 is 4.74 Å². The summed E-state index contributed by atoms with van der Waals surface area (Å²) in [5.41, 5.74) is 1.68. The molecule has 0 aliphatic carbocycles. The molecule has 3 aromatic carbocycles. The van der Waals surface area contributed by atoms with E-state index in [1.807, 2.05) is 25.1 Å². The van der Waals surface area contributed by atoms with Crippen molar-refractivity contribution in [1.29, 1.82) is 0 Å². The van der Waals surface area contributed by atoms with Gasteiger partial charge in [0.2, 0.25) is 0 Å². The maximum Gasteiger partial charge on any atom is 0.343 e. The molecule has 0 spiro atoms. The van der Waals surface area contributed by atoms with Crippen molar-refractivity contribution in [1.82, 2.24) is 0 Å². The van der Waals surface area contributed by atoms with E-state index >= 15 is 0 Å². The Morgan fingerprint density at radius 1 is 0.852 bits per heavy atom. The Labute approximate surface area is 158 Å². The van der Waals surface area contributed by atoms with Crippen molar-refractivity contribution >= 4 is 21.7 Å². The first-order chi connectivity index (χ1) is 12.9. The van der Waals surface area contributed by atoms with E-state index in [-0.39, 0.29) is 10.5 Å². The fourth-order valence-electron chi connectivity index (χ4n) is 2.53. The molecule has 0 unspecified atom stereocenters. The number of para-hydroxylation sites is 2. The first-order valence-electron chi connectivity index (χ1n) is 8.31. The SMILES string of the molecule is Cc1ccccc1OC(=O)c1ccc(S(=O)(=O)N(C)c2ccccc2)cc1. The average molecular weight is 381 g/mol. The molecule has 0 heterocycles. The minimum Gasteiger partial charge on any atom is -0.423 e. The summed E-state index contributed by atoms with van der Waals surface area (Å²) in [4.78, 5) is 12.4. The third kappa shape index (κ3) is 4.01. The lowest BCUT2D eigenvalue weighted by Crippen LogP contribution is -2.26. The van der Waals surface area contributed by atoms with Gasteiger partial charge in [-0.05, 0) is 55.0 Å². The lowest BCUT2D eigenvalue weighted by atomic mass is 10.2. The van der Waals surface area contributed by atoms with Gasteiger partial charge in [0, 0.05) is 7.05 Å². The van der Waals surface area contributed by atoms with Crippen LogP contribution in [0, 0.1) is 6.92 Å². The normalized spacial score (nSPS) is 11.0. The predicted molar refractivity (Wildman–Crippen MR) is 105 cm³/mol. The van der Waals surface area contributed by atoms with Crippen LogP contribution in [0.1, 0.15) is 15.9 Å². The summed E-state index contributed by atoms with van der Waals surface area (Å²) in [6.45, 7) is 1.84. The van der Waals surface area contributed by atoms with Crippen molar-refractivity contribution in [3.63, 3.8) is 0 Å². The molecule has 0 atom stereocenters. The van der Waals surface area contributed by atoms with Gasteiger partial charge in [-0.25, -0.2) is 13.2 Å². The number of sulfonamides is 1. The zero-order chi connectivity index (χ0) is 19.4. The highest BCUT2D eigenvalue weighted by Gasteiger charge is 2.21. The van der Waals surface area contributed by atoms with Crippen LogP contribution >= 0.6 is 0 Å². The Hall–Kier alpha value is -3.12. The average Bonchev–Trinajstić information content (AvgIpc) is 2.70. The summed E-state index contributed by atoms with van der Waals surface area (Å²) in [5, 5.41) is 0. The van der Waals surface area contributed by atoms with Crippen molar-refractivity contribution in [2.45, 2.75) is 11.8 Å². The first-order valence-corrected chi connectivity index (χ1v) is 9.75. The van der Waals surface area contributed by atoms with Crippen LogP contribution in [0.25, 0.3) is 0 Å². The number of hydrogen-bond donors (Lipinski definition) is 0. The number of anilines is 1. The number of benzene rings is 3. The van der Waals surface area contributed by atoms with E-state index in [1.165, 1.54) is 35.6 Å². The maximum atomic E-state index is 12.8. The van der Waals surface area contributed by atoms with Gasteiger partial charge in [-0.15, -0.1) is 0 Å². The number of carbonyl (C=O) groups excluding carboxylic acids is 1. The second-order valence-corrected chi connectivity index (χ2v) is 7.96. The second-order valence-electron chi connectivity index (χ2n) is 5.99. The summed E-state index contributed by atoms with van der Waals surface area (Å²) in [5.74, 6) is -0.0623. The molecule has 0 saturated carbocycles. The number of hydrogen-bond acceptors (Lipinski definition) is 4. The van der Waals surface area contributed by atoms with Crippen LogP contribution in [-0.2, 0) is 10.0 Å². The van der Waals surface area contributed by atoms with Crippen molar-refractivity contribution in [2.24, 2.45) is 0 Å². The molecule has 0 radical (unpaired) electrons. The van der Waals surface area contributed by atoms with Gasteiger partial charge in [0.15, 0.2) is 0 Å². The number of rotatable bonds is 5. The molecular weight excluding hydrogens is 362 g/mol. The maximum absolute atomic E-state index is 12.8. The van der Waals surface area contributed by atoms with Gasteiger partial charge in [0.25, 0.3) is 10.0 Å². The fourth-order valence-corrected chi connectivity index (χ4v) is 3.72. The molecule has 3 rings (SSSR count). The summed E-state index contributed by atoms with van der Waals surface area (Å²) >= 11 is 0. The topological polar surface area (TPSA) is 63.7 Å². The minimum atomic E-state index is -3.72. The van der Waals surface area contributed by atoms with E-state index in [2.05, 4.69) is 0 Å². The summed E-state index contributed by atoms with van der Waals surface area (Å²) in [6.07, 6.45) is 0. The molecule has 0 bridgehead atoms. The van der Waals surface area contributed by atoms with E-state index in [4.69, 9.17) is 4.74 Å². The van der Waals surface area contributed by atoms with Crippen LogP contribution in [0.15, 0.2) is 83.8 Å². The Morgan fingerprint density at radius 3 is 2.07 bits per heavy atom. The van der Waals surface area contributed by atoms with Crippen LogP contribution in [0.4, 0.5) is 5.69 Å². The van der Waals surface area contributed by atoms with Crippen molar-refractivity contribution < 1.29 is 17.9 Å². The number of aryl methyl sites for hydroxylation is 1. The van der Waals surface area contributed by atoms with Crippen LogP contribution in [0.5, 0.6) is 5.75 Å². The number of esters is 1. The van der Waals surface area contributed by atoms with Gasteiger partial charge in [-0.1, -0.05) is 36.4 Å². The molecule has 27 heavy (non-hydrogen) atoms. The van der Waals surface area contributed by atoms with Gasteiger partial charge in [-0.3, -0.25) is 4.31 Å². The molecule has 0 aromatic heterocycles. The highest BCUT2D eigenvalue weighted by atomic mass is 32.2. The lowest BCUT2D eigenvalue weighted by Gasteiger charge is -2.19. The minimum absolute atomic E-state index is 0.0984. The standard InChI is InChI=1S/C21H19NO4S/c1-16-8-6-7-11-20(16)26-21(23)17-12-14-19(15-13-17)27(24,25)22(2)18-9-4-3-5-10-18/h3-15H,1-2H3. The molecule has 0 fully saturated rings. The number of carbonyl (C=O) groups is 1. The molecule has 3 aromatic rings. The lowest BCUT2D eigenvalue weighted by molar-refractivity contribution is 0.0733. The van der Waals surface area contributed by atoms with E-state index < -0.39 is 16.0 Å². The third-order valence-electron chi connectivity index (χ3n) is 4.16. The van der Waals surface area contributed by atoms with Gasteiger partial charge in [0.05, 0.1) is 16.1 Å². The first kappa shape index (κ1) is 18.7. The highest BCUT2D eigenvalue weighted by Crippen LogP contribution is 2.23. The molecule has 6 heteroatoms. The number of nitrogens with zero attached hydrogens (tertiary/aromatic N) is 1. The van der Waals surface area contributed by atoms with Crippen LogP contribution in [-0.4, -0.2) is 21.4 Å². The molecule has 0 aliphatic heterocycles. The van der Waals surface area contributed by atoms with Crippen LogP contribution in [0.3, 0.4) is 0 Å². The summed E-state index contributed by atoms with van der Waals surface area (Å²) < 4.78 is 32.1. The van der Waals surface area contributed by atoms with Crippen LogP contribution < -0.4 is 9.04 Å². The summed E-state index contributed by atoms with van der Waals surface area (Å²) in [6, 6.07) is 21.7. The van der Waals surface area contributed by atoms with Crippen LogP contribution in [0.2, 0.25) is 0 Å².